The van der Waals surface area contributed by atoms with E-state index < -0.39 is 0 Å². The van der Waals surface area contributed by atoms with Crippen molar-refractivity contribution in [2.45, 2.75) is 32.0 Å². The van der Waals surface area contributed by atoms with Gasteiger partial charge in [0.05, 0.1) is 22.0 Å². The summed E-state index contributed by atoms with van der Waals surface area (Å²) in [5, 5.41) is 15.7. The van der Waals surface area contributed by atoms with Gasteiger partial charge in [-0.3, -0.25) is 9.59 Å². The molecule has 34 heavy (non-hydrogen) atoms. The molecule has 8 nitrogen and oxygen atoms in total. The monoisotopic (exact) mass is 494 g/mol. The SMILES string of the molecule is Cc1ccc(C(=O)N[C@H](c2nnc(SCC(=O)Nc3nc4ccccc4s3)n2C)C(C)C)cc1. The van der Waals surface area contributed by atoms with Gasteiger partial charge in [0.25, 0.3) is 5.91 Å². The summed E-state index contributed by atoms with van der Waals surface area (Å²) < 4.78 is 2.85. The summed E-state index contributed by atoms with van der Waals surface area (Å²) in [7, 11) is 1.84. The van der Waals surface area contributed by atoms with E-state index in [1.54, 1.807) is 0 Å². The first-order valence-electron chi connectivity index (χ1n) is 10.9. The third kappa shape index (κ3) is 5.45. The van der Waals surface area contributed by atoms with Crippen LogP contribution < -0.4 is 10.6 Å². The number of benzene rings is 2. The van der Waals surface area contributed by atoms with E-state index in [9.17, 15) is 9.59 Å². The van der Waals surface area contributed by atoms with Crippen molar-refractivity contribution in [3.05, 3.63) is 65.5 Å². The number of aryl methyl sites for hydroxylation is 1. The van der Waals surface area contributed by atoms with Crippen LogP contribution in [-0.4, -0.2) is 37.3 Å². The zero-order valence-electron chi connectivity index (χ0n) is 19.4. The Morgan fingerprint density at radius 3 is 2.53 bits per heavy atom. The van der Waals surface area contributed by atoms with Crippen molar-refractivity contribution < 1.29 is 9.59 Å². The fourth-order valence-electron chi connectivity index (χ4n) is 3.39. The molecule has 0 fully saturated rings. The summed E-state index contributed by atoms with van der Waals surface area (Å²) in [6.07, 6.45) is 0. The summed E-state index contributed by atoms with van der Waals surface area (Å²) in [6.45, 7) is 6.02. The molecule has 176 valence electrons. The van der Waals surface area contributed by atoms with E-state index in [4.69, 9.17) is 0 Å². The summed E-state index contributed by atoms with van der Waals surface area (Å²) in [5.74, 6) is 0.582. The second-order valence-electron chi connectivity index (χ2n) is 8.28. The molecule has 0 aliphatic heterocycles. The van der Waals surface area contributed by atoms with Crippen LogP contribution in [0.3, 0.4) is 0 Å². The number of hydrogen-bond acceptors (Lipinski definition) is 7. The van der Waals surface area contributed by atoms with Crippen LogP contribution in [0.2, 0.25) is 0 Å². The highest BCUT2D eigenvalue weighted by atomic mass is 32.2. The highest BCUT2D eigenvalue weighted by Crippen LogP contribution is 2.27. The molecule has 0 unspecified atom stereocenters. The number of fused-ring (bicyclic) bond motifs is 1. The van der Waals surface area contributed by atoms with Crippen molar-refractivity contribution in [3.8, 4) is 0 Å². The molecule has 0 saturated carbocycles. The number of thiazole rings is 1. The van der Waals surface area contributed by atoms with Crippen LogP contribution in [0.15, 0.2) is 53.7 Å². The Labute approximate surface area is 206 Å². The van der Waals surface area contributed by atoms with Gasteiger partial charge >= 0.3 is 0 Å². The number of carbonyl (C=O) groups excluding carboxylic acids is 2. The maximum atomic E-state index is 12.8. The second kappa shape index (κ2) is 10.4. The number of rotatable bonds is 8. The molecule has 4 rings (SSSR count). The molecule has 0 aliphatic rings. The van der Waals surface area contributed by atoms with Crippen LogP contribution in [0.4, 0.5) is 5.13 Å². The van der Waals surface area contributed by atoms with Gasteiger partial charge in [0.1, 0.15) is 0 Å². The van der Waals surface area contributed by atoms with Gasteiger partial charge in [-0.25, -0.2) is 4.98 Å². The Morgan fingerprint density at radius 1 is 1.09 bits per heavy atom. The van der Waals surface area contributed by atoms with Crippen LogP contribution >= 0.6 is 23.1 Å². The van der Waals surface area contributed by atoms with E-state index >= 15 is 0 Å². The first kappa shape index (κ1) is 23.9. The summed E-state index contributed by atoms with van der Waals surface area (Å²) in [5.41, 5.74) is 2.56. The van der Waals surface area contributed by atoms with Crippen LogP contribution in [0.5, 0.6) is 0 Å². The molecule has 0 saturated heterocycles. The van der Waals surface area contributed by atoms with Gasteiger partial charge in [-0.1, -0.05) is 66.8 Å². The van der Waals surface area contributed by atoms with Crippen molar-refractivity contribution in [1.29, 1.82) is 0 Å². The van der Waals surface area contributed by atoms with Gasteiger partial charge in [-0.05, 0) is 37.1 Å². The van der Waals surface area contributed by atoms with E-state index in [0.717, 1.165) is 15.8 Å². The van der Waals surface area contributed by atoms with E-state index in [1.165, 1.54) is 23.1 Å². The number of amides is 2. The van der Waals surface area contributed by atoms with Crippen LogP contribution in [0.1, 0.15) is 41.6 Å². The van der Waals surface area contributed by atoms with Gasteiger partial charge in [0.15, 0.2) is 16.1 Å². The predicted molar refractivity (Wildman–Crippen MR) is 136 cm³/mol. The lowest BCUT2D eigenvalue weighted by Gasteiger charge is -2.21. The molecule has 10 heteroatoms. The van der Waals surface area contributed by atoms with Gasteiger partial charge < -0.3 is 15.2 Å². The topological polar surface area (TPSA) is 102 Å². The van der Waals surface area contributed by atoms with Crippen LogP contribution in [0.25, 0.3) is 10.2 Å². The molecule has 2 aromatic carbocycles. The van der Waals surface area contributed by atoms with Crippen LogP contribution in [-0.2, 0) is 11.8 Å². The number of thioether (sulfide) groups is 1. The molecule has 0 aliphatic carbocycles. The van der Waals surface area contributed by atoms with Crippen molar-refractivity contribution >= 4 is 50.3 Å². The third-order valence-electron chi connectivity index (χ3n) is 5.29. The Bertz CT molecular complexity index is 1280. The fourth-order valence-corrected chi connectivity index (χ4v) is 4.99. The number of para-hydroxylation sites is 1. The predicted octanol–water partition coefficient (Wildman–Crippen LogP) is 4.59. The number of aromatic nitrogens is 4. The Morgan fingerprint density at radius 2 is 1.82 bits per heavy atom. The lowest BCUT2D eigenvalue weighted by atomic mass is 10.0. The van der Waals surface area contributed by atoms with E-state index in [0.29, 0.717) is 21.7 Å². The summed E-state index contributed by atoms with van der Waals surface area (Å²) in [6, 6.07) is 14.9. The molecule has 2 amide bonds. The first-order chi connectivity index (χ1) is 16.3. The largest absolute Gasteiger partial charge is 0.342 e. The molecule has 0 spiro atoms. The van der Waals surface area contributed by atoms with Crippen molar-refractivity contribution in [3.63, 3.8) is 0 Å². The number of carbonyl (C=O) groups is 2. The van der Waals surface area contributed by atoms with Gasteiger partial charge in [-0.2, -0.15) is 0 Å². The highest BCUT2D eigenvalue weighted by molar-refractivity contribution is 7.99. The lowest BCUT2D eigenvalue weighted by Crippen LogP contribution is -2.33. The maximum absolute atomic E-state index is 12.8. The molecule has 0 bridgehead atoms. The van der Waals surface area contributed by atoms with E-state index in [-0.39, 0.29) is 29.5 Å². The van der Waals surface area contributed by atoms with Gasteiger partial charge in [0.2, 0.25) is 5.91 Å². The number of anilines is 1. The molecular weight excluding hydrogens is 468 g/mol. The minimum absolute atomic E-state index is 0.0949. The minimum atomic E-state index is -0.322. The quantitative estimate of drug-likeness (QED) is 0.347. The number of nitrogens with one attached hydrogen (secondary N) is 2. The third-order valence-corrected chi connectivity index (χ3v) is 7.26. The lowest BCUT2D eigenvalue weighted by molar-refractivity contribution is -0.113. The van der Waals surface area contributed by atoms with Gasteiger partial charge in [-0.15, -0.1) is 10.2 Å². The van der Waals surface area contributed by atoms with Crippen molar-refractivity contribution in [2.24, 2.45) is 13.0 Å². The second-order valence-corrected chi connectivity index (χ2v) is 10.3. The Hall–Kier alpha value is -3.24. The summed E-state index contributed by atoms with van der Waals surface area (Å²) in [4.78, 5) is 29.7. The minimum Gasteiger partial charge on any atom is -0.342 e. The van der Waals surface area contributed by atoms with Crippen molar-refractivity contribution in [1.82, 2.24) is 25.1 Å². The number of hydrogen-bond donors (Lipinski definition) is 2. The van der Waals surface area contributed by atoms with Gasteiger partial charge in [0, 0.05) is 12.6 Å². The smallest absolute Gasteiger partial charge is 0.251 e. The first-order valence-corrected chi connectivity index (χ1v) is 12.7. The average molecular weight is 495 g/mol. The van der Waals surface area contributed by atoms with Crippen LogP contribution in [0, 0.1) is 12.8 Å². The molecule has 2 aromatic heterocycles. The van der Waals surface area contributed by atoms with E-state index in [2.05, 4.69) is 25.8 Å². The normalized spacial score (nSPS) is 12.1. The zero-order valence-corrected chi connectivity index (χ0v) is 21.0. The molecule has 4 aromatic rings. The Kier molecular flexibility index (Phi) is 7.28. The molecule has 2 heterocycles. The Balaban J connectivity index is 1.40. The maximum Gasteiger partial charge on any atom is 0.251 e. The summed E-state index contributed by atoms with van der Waals surface area (Å²) >= 11 is 2.73. The molecular formula is C24H26N6O2S2. The zero-order chi connectivity index (χ0) is 24.2. The molecule has 2 N–H and O–H groups in total. The van der Waals surface area contributed by atoms with E-state index in [1.807, 2.05) is 80.9 Å². The fraction of sp³-hybridized carbons (Fsp3) is 0.292. The molecule has 0 radical (unpaired) electrons. The number of nitrogens with zero attached hydrogens (tertiary/aromatic N) is 4. The molecule has 1 atom stereocenters. The highest BCUT2D eigenvalue weighted by Gasteiger charge is 2.25. The average Bonchev–Trinajstić information content (AvgIpc) is 3.38. The van der Waals surface area contributed by atoms with Crippen molar-refractivity contribution in [2.75, 3.05) is 11.1 Å². The standard InChI is InChI=1S/C24H26N6O2S2/c1-14(2)20(27-22(32)16-11-9-15(3)10-12-16)21-28-29-24(30(21)4)33-13-19(31)26-23-25-17-7-5-6-8-18(17)34-23/h5-12,14,20H,13H2,1-4H3,(H,27,32)(H,25,26,31)/t20-/m0/s1.